The van der Waals surface area contributed by atoms with Crippen LogP contribution in [0.4, 0.5) is 11.5 Å². The maximum atomic E-state index is 11.0. The maximum absolute atomic E-state index is 11.0. The topological polar surface area (TPSA) is 70.9 Å². The fourth-order valence-electron chi connectivity index (χ4n) is 1.27. The predicted octanol–water partition coefficient (Wildman–Crippen LogP) is -0.0749. The zero-order valence-corrected chi connectivity index (χ0v) is 5.98. The first-order valence-electron chi connectivity index (χ1n) is 3.53. The number of aromatic amines is 1. The average molecular weight is 151 g/mol. The van der Waals surface area contributed by atoms with Crippen LogP contribution in [0.5, 0.6) is 0 Å². The molecule has 4 nitrogen and oxygen atoms in total. The average Bonchev–Trinajstić information content (AvgIpc) is 2.36. The number of nitrogens with two attached hydrogens (primary N) is 1. The molecule has 1 aliphatic rings. The van der Waals surface area contributed by atoms with Gasteiger partial charge in [0.2, 0.25) is 0 Å². The molecule has 4 N–H and O–H groups in total. The molecule has 58 valence electrons. The van der Waals surface area contributed by atoms with Crippen LogP contribution < -0.4 is 16.6 Å². The molecular formula is C7H9N3O. The normalized spacial score (nSPS) is 14.2. The molecule has 1 aromatic rings. The first-order valence-corrected chi connectivity index (χ1v) is 3.53. The third-order valence-electron chi connectivity index (χ3n) is 1.85. The zero-order chi connectivity index (χ0) is 7.84. The van der Waals surface area contributed by atoms with Gasteiger partial charge in [-0.3, -0.25) is 4.79 Å². The molecule has 2 rings (SSSR count). The molecule has 0 unspecified atom stereocenters. The minimum absolute atomic E-state index is 0.210. The number of hydrogen-bond donors (Lipinski definition) is 3. The first-order chi connectivity index (χ1) is 5.27. The highest BCUT2D eigenvalue weighted by atomic mass is 16.1. The van der Waals surface area contributed by atoms with Crippen molar-refractivity contribution in [3.8, 4) is 0 Å². The summed E-state index contributed by atoms with van der Waals surface area (Å²) in [5.41, 5.74) is 6.61. The van der Waals surface area contributed by atoms with Crippen LogP contribution in [0.15, 0.2) is 10.9 Å². The third kappa shape index (κ3) is 0.869. The van der Waals surface area contributed by atoms with Crippen molar-refractivity contribution in [3.05, 3.63) is 22.0 Å². The second-order valence-corrected chi connectivity index (χ2v) is 2.63. The van der Waals surface area contributed by atoms with E-state index in [9.17, 15) is 4.79 Å². The summed E-state index contributed by atoms with van der Waals surface area (Å²) in [4.78, 5) is 13.6. The Labute approximate surface area is 63.4 Å². The Bertz CT molecular complexity index is 342. The standard InChI is InChI=1S/C7H9N3O/c8-5-3-4-1-2-9-6(4)10-7(5)11/h3H,1-2,8H2,(H2,9,10,11). The number of aromatic nitrogens is 1. The number of hydrogen-bond acceptors (Lipinski definition) is 3. The van der Waals surface area contributed by atoms with Crippen molar-refractivity contribution in [1.82, 2.24) is 4.98 Å². The summed E-state index contributed by atoms with van der Waals surface area (Å²) in [7, 11) is 0. The van der Waals surface area contributed by atoms with Gasteiger partial charge in [-0.05, 0) is 18.1 Å². The summed E-state index contributed by atoms with van der Waals surface area (Å²) < 4.78 is 0. The molecule has 0 bridgehead atoms. The van der Waals surface area contributed by atoms with E-state index in [1.807, 2.05) is 0 Å². The van der Waals surface area contributed by atoms with Gasteiger partial charge in [-0.15, -0.1) is 0 Å². The van der Waals surface area contributed by atoms with Crippen molar-refractivity contribution in [3.63, 3.8) is 0 Å². The highest BCUT2D eigenvalue weighted by Gasteiger charge is 2.11. The zero-order valence-electron chi connectivity index (χ0n) is 5.98. The highest BCUT2D eigenvalue weighted by molar-refractivity contribution is 5.54. The van der Waals surface area contributed by atoms with Crippen molar-refractivity contribution < 1.29 is 0 Å². The number of pyridine rings is 1. The van der Waals surface area contributed by atoms with Gasteiger partial charge in [0.15, 0.2) is 0 Å². The second kappa shape index (κ2) is 2.02. The molecule has 0 saturated heterocycles. The minimum Gasteiger partial charge on any atom is -0.394 e. The highest BCUT2D eigenvalue weighted by Crippen LogP contribution is 2.17. The van der Waals surface area contributed by atoms with Crippen LogP contribution in [0.25, 0.3) is 0 Å². The number of H-pyrrole nitrogens is 1. The van der Waals surface area contributed by atoms with Crippen molar-refractivity contribution in [1.29, 1.82) is 0 Å². The predicted molar refractivity (Wildman–Crippen MR) is 43.7 cm³/mol. The Kier molecular flexibility index (Phi) is 1.15. The van der Waals surface area contributed by atoms with E-state index in [0.29, 0.717) is 5.69 Å². The van der Waals surface area contributed by atoms with Gasteiger partial charge in [0, 0.05) is 6.54 Å². The van der Waals surface area contributed by atoms with Gasteiger partial charge < -0.3 is 16.0 Å². The van der Waals surface area contributed by atoms with Crippen molar-refractivity contribution in [2.45, 2.75) is 6.42 Å². The number of anilines is 2. The number of fused-ring (bicyclic) bond motifs is 1. The van der Waals surface area contributed by atoms with E-state index in [0.717, 1.165) is 24.3 Å². The Balaban J connectivity index is 2.66. The van der Waals surface area contributed by atoms with Crippen molar-refractivity contribution in [2.24, 2.45) is 0 Å². The van der Waals surface area contributed by atoms with E-state index >= 15 is 0 Å². The van der Waals surface area contributed by atoms with Crippen LogP contribution in [0.1, 0.15) is 5.56 Å². The monoisotopic (exact) mass is 151 g/mol. The van der Waals surface area contributed by atoms with Gasteiger partial charge in [0.05, 0.1) is 5.69 Å². The molecule has 4 heteroatoms. The lowest BCUT2D eigenvalue weighted by Crippen LogP contribution is -2.12. The summed E-state index contributed by atoms with van der Waals surface area (Å²) in [5.74, 6) is 0.823. The van der Waals surface area contributed by atoms with E-state index in [4.69, 9.17) is 5.73 Å². The number of nitrogens with one attached hydrogen (secondary N) is 2. The quantitative estimate of drug-likeness (QED) is 0.486. The summed E-state index contributed by atoms with van der Waals surface area (Å²) in [5, 5.41) is 3.06. The molecule has 1 aromatic heterocycles. The molecule has 1 aliphatic heterocycles. The van der Waals surface area contributed by atoms with Gasteiger partial charge in [-0.25, -0.2) is 0 Å². The van der Waals surface area contributed by atoms with Gasteiger partial charge in [0.25, 0.3) is 5.56 Å². The van der Waals surface area contributed by atoms with E-state index in [-0.39, 0.29) is 5.56 Å². The Morgan fingerprint density at radius 3 is 3.18 bits per heavy atom. The van der Waals surface area contributed by atoms with Crippen molar-refractivity contribution in [2.75, 3.05) is 17.6 Å². The maximum Gasteiger partial charge on any atom is 0.272 e. The summed E-state index contributed by atoms with van der Waals surface area (Å²) in [6, 6.07) is 1.73. The minimum atomic E-state index is -0.210. The van der Waals surface area contributed by atoms with Gasteiger partial charge in [-0.2, -0.15) is 0 Å². The number of rotatable bonds is 0. The molecule has 0 saturated carbocycles. The van der Waals surface area contributed by atoms with Gasteiger partial charge >= 0.3 is 0 Å². The van der Waals surface area contributed by atoms with Crippen LogP contribution in [-0.2, 0) is 6.42 Å². The van der Waals surface area contributed by atoms with E-state index in [2.05, 4.69) is 10.3 Å². The molecule has 0 atom stereocenters. The molecule has 0 aromatic carbocycles. The smallest absolute Gasteiger partial charge is 0.272 e. The lowest BCUT2D eigenvalue weighted by molar-refractivity contribution is 1.11. The Hall–Kier alpha value is -1.45. The molecule has 11 heavy (non-hydrogen) atoms. The summed E-state index contributed by atoms with van der Waals surface area (Å²) >= 11 is 0. The summed E-state index contributed by atoms with van der Waals surface area (Å²) in [6.07, 6.45) is 0.941. The SMILES string of the molecule is Nc1cc2c([nH]c1=O)NCC2. The lowest BCUT2D eigenvalue weighted by Gasteiger charge is -1.98. The van der Waals surface area contributed by atoms with Crippen LogP contribution in [0.3, 0.4) is 0 Å². The fraction of sp³-hybridized carbons (Fsp3) is 0.286. The molecule has 0 amide bonds. The fourth-order valence-corrected chi connectivity index (χ4v) is 1.27. The molecule has 0 spiro atoms. The molecule has 0 aliphatic carbocycles. The largest absolute Gasteiger partial charge is 0.394 e. The van der Waals surface area contributed by atoms with Crippen LogP contribution >= 0.6 is 0 Å². The molecule has 0 radical (unpaired) electrons. The Morgan fingerprint density at radius 1 is 1.55 bits per heavy atom. The van der Waals surface area contributed by atoms with E-state index in [1.165, 1.54) is 0 Å². The third-order valence-corrected chi connectivity index (χ3v) is 1.85. The van der Waals surface area contributed by atoms with Crippen molar-refractivity contribution >= 4 is 11.5 Å². The lowest BCUT2D eigenvalue weighted by atomic mass is 10.2. The van der Waals surface area contributed by atoms with Crippen LogP contribution in [-0.4, -0.2) is 11.5 Å². The van der Waals surface area contributed by atoms with Crippen LogP contribution in [0, 0.1) is 0 Å². The van der Waals surface area contributed by atoms with Gasteiger partial charge in [0.1, 0.15) is 5.82 Å². The second-order valence-electron chi connectivity index (χ2n) is 2.63. The van der Waals surface area contributed by atoms with E-state index in [1.54, 1.807) is 6.07 Å². The Morgan fingerprint density at radius 2 is 2.36 bits per heavy atom. The molecule has 0 fully saturated rings. The summed E-state index contributed by atoms with van der Waals surface area (Å²) in [6.45, 7) is 0.884. The van der Waals surface area contributed by atoms with Crippen LogP contribution in [0.2, 0.25) is 0 Å². The van der Waals surface area contributed by atoms with Gasteiger partial charge in [-0.1, -0.05) is 0 Å². The molecular weight excluding hydrogens is 142 g/mol. The van der Waals surface area contributed by atoms with E-state index < -0.39 is 0 Å². The number of nitrogen functional groups attached to an aromatic ring is 1. The first kappa shape index (κ1) is 6.27. The molecule has 2 heterocycles.